The fourth-order valence-electron chi connectivity index (χ4n) is 4.31. The second kappa shape index (κ2) is 10.6. The highest BCUT2D eigenvalue weighted by Gasteiger charge is 2.20. The Morgan fingerprint density at radius 3 is 2.24 bits per heavy atom. The number of ketones is 1. The Labute approximate surface area is 229 Å². The molecule has 4 aromatic carbocycles. The zero-order chi connectivity index (χ0) is 25.9. The molecule has 0 radical (unpaired) electrons. The first kappa shape index (κ1) is 24.1. The van der Waals surface area contributed by atoms with E-state index in [2.05, 4.69) is 10.2 Å². The molecule has 2 aromatic heterocycles. The molecule has 0 atom stereocenters. The molecule has 0 spiro atoms. The van der Waals surface area contributed by atoms with E-state index in [1.165, 1.54) is 11.8 Å². The molecule has 0 aliphatic carbocycles. The standard InChI is InChI=1S/C31H21ClN4OS/c32-23-17-15-21(16-18-23)28-19-26(25-13-7-8-14-27(25)33-28)30-34-35-31(36(30)24-11-5-2-6-12-24)38-20-29(37)22-9-3-1-4-10-22/h1-19H,20H2. The zero-order valence-corrected chi connectivity index (χ0v) is 21.7. The van der Waals surface area contributed by atoms with Crippen molar-refractivity contribution in [3.8, 4) is 28.3 Å². The van der Waals surface area contributed by atoms with Crippen LogP contribution in [0.5, 0.6) is 0 Å². The molecule has 0 amide bonds. The van der Waals surface area contributed by atoms with Gasteiger partial charge in [-0.2, -0.15) is 0 Å². The van der Waals surface area contributed by atoms with Crippen LogP contribution < -0.4 is 0 Å². The number of thioether (sulfide) groups is 1. The third-order valence-corrected chi connectivity index (χ3v) is 7.35. The first-order chi connectivity index (χ1) is 18.7. The highest BCUT2D eigenvalue weighted by atomic mass is 35.5. The predicted octanol–water partition coefficient (Wildman–Crippen LogP) is 7.78. The predicted molar refractivity (Wildman–Crippen MR) is 154 cm³/mol. The van der Waals surface area contributed by atoms with Gasteiger partial charge in [0.1, 0.15) is 0 Å². The van der Waals surface area contributed by atoms with Gasteiger partial charge in [-0.25, -0.2) is 4.98 Å². The van der Waals surface area contributed by atoms with E-state index < -0.39 is 0 Å². The van der Waals surface area contributed by atoms with Crippen molar-refractivity contribution in [3.05, 3.63) is 126 Å². The number of rotatable bonds is 7. The summed E-state index contributed by atoms with van der Waals surface area (Å²) in [6.45, 7) is 0. The molecule has 0 aliphatic heterocycles. The van der Waals surface area contributed by atoms with Gasteiger partial charge in [-0.05, 0) is 36.4 Å². The van der Waals surface area contributed by atoms with Crippen LogP contribution in [0.1, 0.15) is 10.4 Å². The minimum Gasteiger partial charge on any atom is -0.293 e. The van der Waals surface area contributed by atoms with Crippen molar-refractivity contribution in [3.63, 3.8) is 0 Å². The summed E-state index contributed by atoms with van der Waals surface area (Å²) in [6.07, 6.45) is 0. The average molecular weight is 533 g/mol. The van der Waals surface area contributed by atoms with Gasteiger partial charge in [0.2, 0.25) is 0 Å². The quantitative estimate of drug-likeness (QED) is 0.155. The molecule has 0 unspecified atom stereocenters. The number of para-hydroxylation sites is 2. The van der Waals surface area contributed by atoms with Crippen molar-refractivity contribution >= 4 is 40.0 Å². The van der Waals surface area contributed by atoms with Crippen LogP contribution in [-0.4, -0.2) is 31.3 Å². The molecule has 38 heavy (non-hydrogen) atoms. The Morgan fingerprint density at radius 2 is 1.47 bits per heavy atom. The third kappa shape index (κ3) is 4.84. The third-order valence-electron chi connectivity index (χ3n) is 6.17. The second-order valence-corrected chi connectivity index (χ2v) is 10.0. The molecule has 2 heterocycles. The summed E-state index contributed by atoms with van der Waals surface area (Å²) < 4.78 is 2.01. The van der Waals surface area contributed by atoms with Gasteiger partial charge >= 0.3 is 0 Å². The largest absolute Gasteiger partial charge is 0.293 e. The number of Topliss-reactive ketones (excluding diaryl/α,β-unsaturated/α-hetero) is 1. The number of carbonyl (C=O) groups excluding carboxylic acids is 1. The van der Waals surface area contributed by atoms with E-state index >= 15 is 0 Å². The number of aromatic nitrogens is 4. The Hall–Kier alpha value is -4.26. The van der Waals surface area contributed by atoms with Crippen LogP contribution in [0.3, 0.4) is 0 Å². The minimum atomic E-state index is 0.0409. The number of fused-ring (bicyclic) bond motifs is 1. The number of hydrogen-bond acceptors (Lipinski definition) is 5. The average Bonchev–Trinajstić information content (AvgIpc) is 3.40. The van der Waals surface area contributed by atoms with Gasteiger partial charge in [-0.15, -0.1) is 10.2 Å². The van der Waals surface area contributed by atoms with Gasteiger partial charge in [-0.1, -0.05) is 102 Å². The minimum absolute atomic E-state index is 0.0409. The first-order valence-electron chi connectivity index (χ1n) is 12.1. The lowest BCUT2D eigenvalue weighted by Crippen LogP contribution is -2.05. The summed E-state index contributed by atoms with van der Waals surface area (Å²) in [6, 6.07) is 36.9. The molecule has 0 N–H and O–H groups in total. The molecule has 0 fully saturated rings. The number of nitrogens with zero attached hydrogens (tertiary/aromatic N) is 4. The maximum Gasteiger partial charge on any atom is 0.196 e. The second-order valence-electron chi connectivity index (χ2n) is 8.63. The van der Waals surface area contributed by atoms with Crippen molar-refractivity contribution in [2.75, 3.05) is 5.75 Å². The van der Waals surface area contributed by atoms with E-state index in [-0.39, 0.29) is 11.5 Å². The monoisotopic (exact) mass is 532 g/mol. The number of pyridine rings is 1. The van der Waals surface area contributed by atoms with E-state index in [9.17, 15) is 4.79 Å². The maximum absolute atomic E-state index is 12.8. The Balaban J connectivity index is 1.48. The molecule has 6 rings (SSSR count). The molecule has 5 nitrogen and oxygen atoms in total. The van der Waals surface area contributed by atoms with Crippen LogP contribution in [0.15, 0.2) is 120 Å². The topological polar surface area (TPSA) is 60.7 Å². The molecule has 0 saturated carbocycles. The van der Waals surface area contributed by atoms with E-state index in [1.807, 2.05) is 120 Å². The van der Waals surface area contributed by atoms with E-state index in [0.717, 1.165) is 33.4 Å². The van der Waals surface area contributed by atoms with E-state index in [1.54, 1.807) is 0 Å². The van der Waals surface area contributed by atoms with Crippen LogP contribution in [0.25, 0.3) is 39.2 Å². The van der Waals surface area contributed by atoms with Crippen LogP contribution in [-0.2, 0) is 0 Å². The summed E-state index contributed by atoms with van der Waals surface area (Å²) >= 11 is 7.51. The SMILES string of the molecule is O=C(CSc1nnc(-c2cc(-c3ccc(Cl)cc3)nc3ccccc23)n1-c1ccccc1)c1ccccc1. The van der Waals surface area contributed by atoms with Crippen molar-refractivity contribution < 1.29 is 4.79 Å². The molecular formula is C31H21ClN4OS. The van der Waals surface area contributed by atoms with Crippen molar-refractivity contribution in [1.29, 1.82) is 0 Å². The highest BCUT2D eigenvalue weighted by molar-refractivity contribution is 7.99. The lowest BCUT2D eigenvalue weighted by Gasteiger charge is -2.13. The fourth-order valence-corrected chi connectivity index (χ4v) is 5.29. The molecule has 0 saturated heterocycles. The summed E-state index contributed by atoms with van der Waals surface area (Å²) in [7, 11) is 0. The van der Waals surface area contributed by atoms with Crippen LogP contribution >= 0.6 is 23.4 Å². The lowest BCUT2D eigenvalue weighted by molar-refractivity contribution is 0.102. The fraction of sp³-hybridized carbons (Fsp3) is 0.0323. The smallest absolute Gasteiger partial charge is 0.196 e. The zero-order valence-electron chi connectivity index (χ0n) is 20.2. The Kier molecular flexibility index (Phi) is 6.73. The van der Waals surface area contributed by atoms with Crippen LogP contribution in [0.4, 0.5) is 0 Å². The lowest BCUT2D eigenvalue weighted by atomic mass is 10.0. The summed E-state index contributed by atoms with van der Waals surface area (Å²) in [5, 5.41) is 11.5. The van der Waals surface area contributed by atoms with Crippen molar-refractivity contribution in [2.45, 2.75) is 5.16 Å². The van der Waals surface area contributed by atoms with Gasteiger partial charge in [0.05, 0.1) is 17.0 Å². The number of halogens is 1. The van der Waals surface area contributed by atoms with Gasteiger partial charge in [0, 0.05) is 32.8 Å². The summed E-state index contributed by atoms with van der Waals surface area (Å²) in [5.74, 6) is 0.973. The maximum atomic E-state index is 12.8. The Morgan fingerprint density at radius 1 is 0.789 bits per heavy atom. The van der Waals surface area contributed by atoms with Gasteiger partial charge in [0.25, 0.3) is 0 Å². The molecule has 6 aromatic rings. The van der Waals surface area contributed by atoms with Crippen molar-refractivity contribution in [2.24, 2.45) is 0 Å². The summed E-state index contributed by atoms with van der Waals surface area (Å²) in [5.41, 5.74) is 5.11. The first-order valence-corrected chi connectivity index (χ1v) is 13.4. The summed E-state index contributed by atoms with van der Waals surface area (Å²) in [4.78, 5) is 17.8. The normalized spacial score (nSPS) is 11.1. The molecular weight excluding hydrogens is 512 g/mol. The van der Waals surface area contributed by atoms with Gasteiger partial charge in [-0.3, -0.25) is 9.36 Å². The van der Waals surface area contributed by atoms with Crippen LogP contribution in [0.2, 0.25) is 5.02 Å². The number of benzene rings is 4. The van der Waals surface area contributed by atoms with Gasteiger partial charge < -0.3 is 0 Å². The number of hydrogen-bond donors (Lipinski definition) is 0. The van der Waals surface area contributed by atoms with Crippen LogP contribution in [0, 0.1) is 0 Å². The van der Waals surface area contributed by atoms with Gasteiger partial charge in [0.15, 0.2) is 16.8 Å². The highest BCUT2D eigenvalue weighted by Crippen LogP contribution is 2.35. The van der Waals surface area contributed by atoms with E-state index in [4.69, 9.17) is 16.6 Å². The molecule has 7 heteroatoms. The van der Waals surface area contributed by atoms with Crippen molar-refractivity contribution in [1.82, 2.24) is 19.7 Å². The van der Waals surface area contributed by atoms with E-state index in [0.29, 0.717) is 21.6 Å². The Bertz CT molecular complexity index is 1740. The molecule has 0 aliphatic rings. The molecule has 184 valence electrons. The number of carbonyl (C=O) groups is 1. The molecule has 0 bridgehead atoms.